The van der Waals surface area contributed by atoms with Crippen molar-refractivity contribution in [3.8, 4) is 0 Å². The van der Waals surface area contributed by atoms with Gasteiger partial charge >= 0.3 is 0 Å². The second-order valence-electron chi connectivity index (χ2n) is 7.13. The molecule has 1 N–H and O–H groups in total. The number of benzene rings is 1. The predicted octanol–water partition coefficient (Wildman–Crippen LogP) is 2.06. The van der Waals surface area contributed by atoms with Crippen molar-refractivity contribution in [1.29, 1.82) is 0 Å². The summed E-state index contributed by atoms with van der Waals surface area (Å²) in [5.41, 5.74) is 2.70. The second kappa shape index (κ2) is 7.34. The first-order chi connectivity index (χ1) is 11.5. The van der Waals surface area contributed by atoms with Crippen molar-refractivity contribution in [3.63, 3.8) is 0 Å². The lowest BCUT2D eigenvalue weighted by Gasteiger charge is -2.26. The number of amides is 2. The van der Waals surface area contributed by atoms with E-state index in [2.05, 4.69) is 17.3 Å². The van der Waals surface area contributed by atoms with Gasteiger partial charge in [-0.05, 0) is 62.5 Å². The summed E-state index contributed by atoms with van der Waals surface area (Å²) in [7, 11) is 3.95. The number of nitrogens with zero attached hydrogens (tertiary/aromatic N) is 2. The molecule has 1 aromatic carbocycles. The van der Waals surface area contributed by atoms with Crippen molar-refractivity contribution in [3.05, 3.63) is 29.3 Å². The van der Waals surface area contributed by atoms with Gasteiger partial charge in [-0.1, -0.05) is 6.42 Å². The molecule has 5 nitrogen and oxygen atoms in total. The van der Waals surface area contributed by atoms with Gasteiger partial charge in [0.25, 0.3) is 5.91 Å². The van der Waals surface area contributed by atoms with Gasteiger partial charge in [0.2, 0.25) is 5.91 Å². The Hall–Kier alpha value is -1.88. The zero-order valence-corrected chi connectivity index (χ0v) is 14.7. The van der Waals surface area contributed by atoms with E-state index < -0.39 is 0 Å². The fraction of sp³-hybridized carbons (Fsp3) is 0.579. The molecule has 0 spiro atoms. The number of carbonyl (C=O) groups is 2. The second-order valence-corrected chi connectivity index (χ2v) is 7.13. The maximum Gasteiger partial charge on any atom is 0.251 e. The molecular weight excluding hydrogens is 302 g/mol. The zero-order valence-electron chi connectivity index (χ0n) is 14.7. The van der Waals surface area contributed by atoms with Gasteiger partial charge in [-0.15, -0.1) is 0 Å². The van der Waals surface area contributed by atoms with E-state index in [-0.39, 0.29) is 11.8 Å². The minimum Gasteiger partial charge on any atom is -0.352 e. The van der Waals surface area contributed by atoms with Crippen molar-refractivity contribution in [2.45, 2.75) is 32.1 Å². The summed E-state index contributed by atoms with van der Waals surface area (Å²) in [6, 6.07) is 5.65. The predicted molar refractivity (Wildman–Crippen MR) is 95.3 cm³/mol. The van der Waals surface area contributed by atoms with Gasteiger partial charge in [0.1, 0.15) is 0 Å². The summed E-state index contributed by atoms with van der Waals surface area (Å²) in [4.78, 5) is 28.3. The van der Waals surface area contributed by atoms with Crippen LogP contribution in [0.15, 0.2) is 18.2 Å². The smallest absolute Gasteiger partial charge is 0.251 e. The largest absolute Gasteiger partial charge is 0.352 e. The fourth-order valence-corrected chi connectivity index (χ4v) is 3.74. The lowest BCUT2D eigenvalue weighted by molar-refractivity contribution is -0.118. The average Bonchev–Trinajstić information content (AvgIpc) is 2.80. The Bertz CT molecular complexity index is 629. The minimum atomic E-state index is -0.00995. The van der Waals surface area contributed by atoms with Crippen molar-refractivity contribution < 1.29 is 9.59 Å². The Labute approximate surface area is 144 Å². The van der Waals surface area contributed by atoms with Crippen LogP contribution in [0.1, 0.15) is 41.6 Å². The van der Waals surface area contributed by atoms with Crippen LogP contribution in [0, 0.1) is 5.92 Å². The van der Waals surface area contributed by atoms with E-state index >= 15 is 0 Å². The van der Waals surface area contributed by atoms with Gasteiger partial charge < -0.3 is 15.1 Å². The van der Waals surface area contributed by atoms with E-state index in [1.165, 1.54) is 19.3 Å². The molecule has 2 aliphatic heterocycles. The highest BCUT2D eigenvalue weighted by Crippen LogP contribution is 2.27. The quantitative estimate of drug-likeness (QED) is 0.923. The molecule has 2 amide bonds. The molecule has 3 rings (SSSR count). The first-order valence-electron chi connectivity index (χ1n) is 8.91. The number of anilines is 1. The SMILES string of the molecule is CN1CCCCC(CNC(=O)c2ccc3c(c2)CCC(=O)N3C)C1. The molecule has 1 aromatic rings. The third-order valence-corrected chi connectivity index (χ3v) is 5.21. The summed E-state index contributed by atoms with van der Waals surface area (Å²) < 4.78 is 0. The molecule has 24 heavy (non-hydrogen) atoms. The molecule has 1 fully saturated rings. The van der Waals surface area contributed by atoms with Gasteiger partial charge in [0.05, 0.1) is 0 Å². The van der Waals surface area contributed by atoms with E-state index in [4.69, 9.17) is 0 Å². The fourth-order valence-electron chi connectivity index (χ4n) is 3.74. The van der Waals surface area contributed by atoms with Crippen LogP contribution in [0.3, 0.4) is 0 Å². The van der Waals surface area contributed by atoms with Crippen LogP contribution >= 0.6 is 0 Å². The number of carbonyl (C=O) groups excluding carboxylic acids is 2. The van der Waals surface area contributed by atoms with Crippen molar-refractivity contribution in [2.75, 3.05) is 38.6 Å². The number of likely N-dealkylation sites (tertiary alicyclic amines) is 1. The van der Waals surface area contributed by atoms with E-state index in [1.807, 2.05) is 18.2 Å². The monoisotopic (exact) mass is 329 g/mol. The third-order valence-electron chi connectivity index (χ3n) is 5.21. The maximum atomic E-state index is 12.5. The molecule has 1 saturated heterocycles. The molecule has 130 valence electrons. The van der Waals surface area contributed by atoms with Crippen LogP contribution in [0.2, 0.25) is 0 Å². The number of fused-ring (bicyclic) bond motifs is 1. The average molecular weight is 329 g/mol. The molecule has 1 unspecified atom stereocenters. The number of hydrogen-bond donors (Lipinski definition) is 1. The highest BCUT2D eigenvalue weighted by atomic mass is 16.2. The molecule has 0 aromatic heterocycles. The van der Waals surface area contributed by atoms with E-state index in [1.54, 1.807) is 11.9 Å². The topological polar surface area (TPSA) is 52.7 Å². The third kappa shape index (κ3) is 3.78. The number of aryl methyl sites for hydroxylation is 1. The van der Waals surface area contributed by atoms with Gasteiger partial charge in [0, 0.05) is 37.8 Å². The molecule has 0 saturated carbocycles. The molecule has 2 aliphatic rings. The first kappa shape index (κ1) is 17.0. The highest BCUT2D eigenvalue weighted by Gasteiger charge is 2.22. The normalized spacial score (nSPS) is 22.0. The van der Waals surface area contributed by atoms with Crippen molar-refractivity contribution in [1.82, 2.24) is 10.2 Å². The zero-order chi connectivity index (χ0) is 17.1. The molecular formula is C19H27N3O2. The Balaban J connectivity index is 1.62. The molecule has 0 radical (unpaired) electrons. The maximum absolute atomic E-state index is 12.5. The summed E-state index contributed by atoms with van der Waals surface area (Å²) in [5, 5.41) is 3.10. The van der Waals surface area contributed by atoms with Gasteiger partial charge in [-0.2, -0.15) is 0 Å². The first-order valence-corrected chi connectivity index (χ1v) is 8.91. The molecule has 0 bridgehead atoms. The van der Waals surface area contributed by atoms with Crippen molar-refractivity contribution in [2.24, 2.45) is 5.92 Å². The minimum absolute atomic E-state index is 0.00995. The standard InChI is InChI=1S/C19H27N3O2/c1-21-10-4-3-5-14(13-21)12-20-19(24)16-6-8-17-15(11-16)7-9-18(23)22(17)2/h6,8,11,14H,3-5,7,9-10,12-13H2,1-2H3,(H,20,24). The van der Waals surface area contributed by atoms with Crippen LogP contribution in [0.25, 0.3) is 0 Å². The highest BCUT2D eigenvalue weighted by molar-refractivity contribution is 5.98. The molecule has 2 heterocycles. The number of hydrogen-bond acceptors (Lipinski definition) is 3. The lowest BCUT2D eigenvalue weighted by Crippen LogP contribution is -2.34. The summed E-state index contributed by atoms with van der Waals surface area (Å²) in [6.07, 6.45) is 4.90. The summed E-state index contributed by atoms with van der Waals surface area (Å²) >= 11 is 0. The van der Waals surface area contributed by atoms with Gasteiger partial charge in [0.15, 0.2) is 0 Å². The number of rotatable bonds is 3. The van der Waals surface area contributed by atoms with Gasteiger partial charge in [-0.25, -0.2) is 0 Å². The molecule has 1 atom stereocenters. The molecule has 5 heteroatoms. The Morgan fingerprint density at radius 3 is 2.92 bits per heavy atom. The van der Waals surface area contributed by atoms with Crippen molar-refractivity contribution >= 4 is 17.5 Å². The molecule has 0 aliphatic carbocycles. The Kier molecular flexibility index (Phi) is 5.19. The Morgan fingerprint density at radius 2 is 2.08 bits per heavy atom. The lowest BCUT2D eigenvalue weighted by atomic mass is 9.98. The summed E-state index contributed by atoms with van der Waals surface area (Å²) in [5.74, 6) is 0.657. The van der Waals surface area contributed by atoms with Gasteiger partial charge in [-0.3, -0.25) is 9.59 Å². The summed E-state index contributed by atoms with van der Waals surface area (Å²) in [6.45, 7) is 2.94. The Morgan fingerprint density at radius 1 is 1.25 bits per heavy atom. The van der Waals surface area contributed by atoms with E-state index in [0.717, 1.165) is 30.9 Å². The van der Waals surface area contributed by atoms with Crippen LogP contribution < -0.4 is 10.2 Å². The van der Waals surface area contributed by atoms with E-state index in [0.29, 0.717) is 24.3 Å². The van der Waals surface area contributed by atoms with Crippen LogP contribution in [0.4, 0.5) is 5.69 Å². The van der Waals surface area contributed by atoms with Crippen LogP contribution in [-0.2, 0) is 11.2 Å². The van der Waals surface area contributed by atoms with Crippen LogP contribution in [-0.4, -0.2) is 50.4 Å². The van der Waals surface area contributed by atoms with E-state index in [9.17, 15) is 9.59 Å². The van der Waals surface area contributed by atoms with Crippen LogP contribution in [0.5, 0.6) is 0 Å². The number of nitrogens with one attached hydrogen (secondary N) is 1.